The second kappa shape index (κ2) is 7.09. The lowest BCUT2D eigenvalue weighted by Crippen LogP contribution is -2.31. The van der Waals surface area contributed by atoms with Crippen LogP contribution in [0.5, 0.6) is 0 Å². The minimum atomic E-state index is -0.999. The molecule has 0 spiro atoms. The normalized spacial score (nSPS) is 11.8. The zero-order chi connectivity index (χ0) is 17.8. The summed E-state index contributed by atoms with van der Waals surface area (Å²) in [7, 11) is 3.25. The summed E-state index contributed by atoms with van der Waals surface area (Å²) in [5.41, 5.74) is 2.21. The van der Waals surface area contributed by atoms with Gasteiger partial charge in [0.15, 0.2) is 0 Å². The third kappa shape index (κ3) is 3.63. The van der Waals surface area contributed by atoms with Crippen LogP contribution >= 0.6 is 0 Å². The Kier molecular flexibility index (Phi) is 4.70. The van der Waals surface area contributed by atoms with Crippen molar-refractivity contribution in [2.75, 3.05) is 14.1 Å². The van der Waals surface area contributed by atoms with E-state index < -0.39 is 12.1 Å². The molecular weight excluding hydrogens is 318 g/mol. The van der Waals surface area contributed by atoms with Crippen LogP contribution in [0.25, 0.3) is 11.0 Å². The summed E-state index contributed by atoms with van der Waals surface area (Å²) < 4.78 is 5.52. The Labute approximate surface area is 145 Å². The first-order valence-corrected chi connectivity index (χ1v) is 7.74. The van der Waals surface area contributed by atoms with Gasteiger partial charge in [0, 0.05) is 32.1 Å². The maximum absolute atomic E-state index is 12.6. The largest absolute Gasteiger partial charge is 0.444 e. The molecule has 0 radical (unpaired) electrons. The summed E-state index contributed by atoms with van der Waals surface area (Å²) in [5.74, 6) is -0.892. The van der Waals surface area contributed by atoms with Gasteiger partial charge in [-0.15, -0.1) is 0 Å². The molecule has 0 aliphatic carbocycles. The molecule has 1 heterocycles. The summed E-state index contributed by atoms with van der Waals surface area (Å²) in [4.78, 5) is 34.8. The molecule has 25 heavy (non-hydrogen) atoms. The summed E-state index contributed by atoms with van der Waals surface area (Å²) in [6.07, 6.45) is 2.14. The van der Waals surface area contributed by atoms with Gasteiger partial charge in [0.1, 0.15) is 0 Å². The van der Waals surface area contributed by atoms with E-state index >= 15 is 0 Å². The summed E-state index contributed by atoms with van der Waals surface area (Å²) in [5, 5.41) is 0. The molecule has 0 bridgehead atoms. The molecule has 0 N–H and O–H groups in total. The second-order valence-electron chi connectivity index (χ2n) is 5.69. The van der Waals surface area contributed by atoms with Crippen molar-refractivity contribution in [3.63, 3.8) is 0 Å². The first-order chi connectivity index (χ1) is 12.1. The van der Waals surface area contributed by atoms with Crippen molar-refractivity contribution in [3.8, 4) is 0 Å². The van der Waals surface area contributed by atoms with E-state index in [0.29, 0.717) is 22.2 Å². The number of carbonyl (C=O) groups excluding carboxylic acids is 2. The van der Waals surface area contributed by atoms with Crippen molar-refractivity contribution >= 4 is 22.9 Å². The standard InChI is InChI=1S/C19H17N3O3/c1-22(2)18(23)17(13-6-4-3-5-7-13)25-19(24)14-8-9-15-16(12-14)21-11-10-20-15/h3-12,17H,1-2H3/t17-/m1/s1. The number of benzene rings is 2. The van der Waals surface area contributed by atoms with E-state index in [9.17, 15) is 9.59 Å². The Morgan fingerprint density at radius 1 is 0.960 bits per heavy atom. The highest BCUT2D eigenvalue weighted by Gasteiger charge is 2.27. The van der Waals surface area contributed by atoms with Gasteiger partial charge in [-0.25, -0.2) is 4.79 Å². The Bertz CT molecular complexity index is 910. The number of aromatic nitrogens is 2. The average Bonchev–Trinajstić information content (AvgIpc) is 2.65. The number of nitrogens with zero attached hydrogens (tertiary/aromatic N) is 3. The van der Waals surface area contributed by atoms with E-state index in [-0.39, 0.29) is 5.91 Å². The number of esters is 1. The van der Waals surface area contributed by atoms with E-state index in [1.807, 2.05) is 6.07 Å². The number of ether oxygens (including phenoxy) is 1. The molecule has 1 aromatic heterocycles. The lowest BCUT2D eigenvalue weighted by Gasteiger charge is -2.21. The van der Waals surface area contributed by atoms with Crippen LogP contribution in [0.15, 0.2) is 60.9 Å². The third-order valence-electron chi connectivity index (χ3n) is 3.70. The minimum Gasteiger partial charge on any atom is -0.444 e. The van der Waals surface area contributed by atoms with Crippen LogP contribution in [0.4, 0.5) is 0 Å². The SMILES string of the molecule is CN(C)C(=O)[C@H](OC(=O)c1ccc2nccnc2c1)c1ccccc1. The molecule has 0 saturated heterocycles. The molecule has 6 nitrogen and oxygen atoms in total. The van der Waals surface area contributed by atoms with Crippen molar-refractivity contribution in [3.05, 3.63) is 72.1 Å². The smallest absolute Gasteiger partial charge is 0.339 e. The van der Waals surface area contributed by atoms with Crippen LogP contribution in [0.2, 0.25) is 0 Å². The van der Waals surface area contributed by atoms with Crippen molar-refractivity contribution in [1.29, 1.82) is 0 Å². The lowest BCUT2D eigenvalue weighted by atomic mass is 10.1. The number of amides is 1. The van der Waals surface area contributed by atoms with Crippen molar-refractivity contribution in [1.82, 2.24) is 14.9 Å². The predicted octanol–water partition coefficient (Wildman–Crippen LogP) is 2.62. The fourth-order valence-corrected chi connectivity index (χ4v) is 2.39. The Morgan fingerprint density at radius 2 is 1.64 bits per heavy atom. The Balaban J connectivity index is 1.90. The fourth-order valence-electron chi connectivity index (χ4n) is 2.39. The molecule has 0 fully saturated rings. The van der Waals surface area contributed by atoms with Crippen LogP contribution < -0.4 is 0 Å². The number of likely N-dealkylation sites (N-methyl/N-ethyl adjacent to an activating group) is 1. The molecule has 0 aliphatic heterocycles. The Morgan fingerprint density at radius 3 is 2.32 bits per heavy atom. The summed E-state index contributed by atoms with van der Waals surface area (Å²) >= 11 is 0. The van der Waals surface area contributed by atoms with Gasteiger partial charge in [0.25, 0.3) is 5.91 Å². The minimum absolute atomic E-state index is 0.305. The highest BCUT2D eigenvalue weighted by atomic mass is 16.5. The van der Waals surface area contributed by atoms with E-state index in [4.69, 9.17) is 4.74 Å². The summed E-state index contributed by atoms with van der Waals surface area (Å²) in [6.45, 7) is 0. The first-order valence-electron chi connectivity index (χ1n) is 7.74. The zero-order valence-corrected chi connectivity index (χ0v) is 13.9. The quantitative estimate of drug-likeness (QED) is 0.685. The van der Waals surface area contributed by atoms with Crippen LogP contribution in [0, 0.1) is 0 Å². The highest BCUT2D eigenvalue weighted by Crippen LogP contribution is 2.22. The topological polar surface area (TPSA) is 72.4 Å². The van der Waals surface area contributed by atoms with E-state index in [2.05, 4.69) is 9.97 Å². The van der Waals surface area contributed by atoms with Crippen molar-refractivity contribution < 1.29 is 14.3 Å². The van der Waals surface area contributed by atoms with Gasteiger partial charge in [-0.1, -0.05) is 30.3 Å². The van der Waals surface area contributed by atoms with Gasteiger partial charge in [-0.05, 0) is 18.2 Å². The molecule has 0 saturated carbocycles. The number of carbonyl (C=O) groups is 2. The molecular formula is C19H17N3O3. The lowest BCUT2D eigenvalue weighted by molar-refractivity contribution is -0.138. The number of rotatable bonds is 4. The average molecular weight is 335 g/mol. The van der Waals surface area contributed by atoms with Crippen LogP contribution in [0.3, 0.4) is 0 Å². The summed E-state index contributed by atoms with van der Waals surface area (Å²) in [6, 6.07) is 13.9. The van der Waals surface area contributed by atoms with E-state index in [1.165, 1.54) is 4.90 Å². The van der Waals surface area contributed by atoms with Gasteiger partial charge < -0.3 is 9.64 Å². The molecule has 1 amide bonds. The molecule has 6 heteroatoms. The number of hydrogen-bond donors (Lipinski definition) is 0. The molecule has 0 unspecified atom stereocenters. The number of fused-ring (bicyclic) bond motifs is 1. The van der Waals surface area contributed by atoms with Gasteiger partial charge in [-0.3, -0.25) is 14.8 Å². The van der Waals surface area contributed by atoms with Gasteiger partial charge >= 0.3 is 5.97 Å². The Hall–Kier alpha value is -3.28. The van der Waals surface area contributed by atoms with E-state index in [1.54, 1.807) is 69.0 Å². The molecule has 1 atom stereocenters. The second-order valence-corrected chi connectivity index (χ2v) is 5.69. The zero-order valence-electron chi connectivity index (χ0n) is 13.9. The third-order valence-corrected chi connectivity index (χ3v) is 3.70. The van der Waals surface area contributed by atoms with Crippen LogP contribution in [-0.2, 0) is 9.53 Å². The van der Waals surface area contributed by atoms with Gasteiger partial charge in [-0.2, -0.15) is 0 Å². The maximum atomic E-state index is 12.6. The van der Waals surface area contributed by atoms with Crippen molar-refractivity contribution in [2.45, 2.75) is 6.10 Å². The molecule has 0 aliphatic rings. The van der Waals surface area contributed by atoms with Gasteiger partial charge in [0.2, 0.25) is 6.10 Å². The molecule has 3 aromatic rings. The van der Waals surface area contributed by atoms with Crippen LogP contribution in [0.1, 0.15) is 22.0 Å². The highest BCUT2D eigenvalue weighted by molar-refractivity contribution is 5.95. The van der Waals surface area contributed by atoms with Gasteiger partial charge in [0.05, 0.1) is 16.6 Å². The number of hydrogen-bond acceptors (Lipinski definition) is 5. The van der Waals surface area contributed by atoms with Crippen LogP contribution in [-0.4, -0.2) is 40.8 Å². The van der Waals surface area contributed by atoms with E-state index in [0.717, 1.165) is 0 Å². The molecule has 2 aromatic carbocycles. The predicted molar refractivity (Wildman–Crippen MR) is 92.8 cm³/mol. The van der Waals surface area contributed by atoms with Crippen molar-refractivity contribution in [2.24, 2.45) is 0 Å². The monoisotopic (exact) mass is 335 g/mol. The first kappa shape index (κ1) is 16.6. The molecule has 126 valence electrons. The molecule has 3 rings (SSSR count). The fraction of sp³-hybridized carbons (Fsp3) is 0.158. The maximum Gasteiger partial charge on any atom is 0.339 e.